The van der Waals surface area contributed by atoms with E-state index < -0.39 is 0 Å². The van der Waals surface area contributed by atoms with E-state index in [1.807, 2.05) is 5.38 Å². The van der Waals surface area contributed by atoms with Crippen LogP contribution in [-0.4, -0.2) is 30.0 Å². The summed E-state index contributed by atoms with van der Waals surface area (Å²) in [5.74, 6) is 0.564. The minimum atomic E-state index is 0.0262. The highest BCUT2D eigenvalue weighted by Gasteiger charge is 2.21. The Bertz CT molecular complexity index is 460. The number of carbonyl (C=O) groups excluding carboxylic acids is 1. The Morgan fingerprint density at radius 2 is 1.86 bits per heavy atom. The number of thiazole rings is 1. The topological polar surface area (TPSA) is 54.0 Å². The Morgan fingerprint density at radius 1 is 1.14 bits per heavy atom. The number of carbonyl (C=O) groups is 1. The molecule has 21 heavy (non-hydrogen) atoms. The molecule has 0 spiro atoms. The van der Waals surface area contributed by atoms with Crippen LogP contribution in [-0.2, 0) is 0 Å². The number of nitrogens with one attached hydrogen (secondary N) is 2. The van der Waals surface area contributed by atoms with Gasteiger partial charge in [0.2, 0.25) is 0 Å². The van der Waals surface area contributed by atoms with Gasteiger partial charge in [-0.3, -0.25) is 4.79 Å². The summed E-state index contributed by atoms with van der Waals surface area (Å²) < 4.78 is 0. The van der Waals surface area contributed by atoms with Crippen LogP contribution >= 0.6 is 11.3 Å². The van der Waals surface area contributed by atoms with Gasteiger partial charge in [-0.05, 0) is 38.8 Å². The molecule has 0 radical (unpaired) electrons. The minimum Gasteiger partial charge on any atom is -0.348 e. The van der Waals surface area contributed by atoms with Crippen LogP contribution < -0.4 is 10.6 Å². The van der Waals surface area contributed by atoms with E-state index in [2.05, 4.69) is 15.6 Å². The van der Waals surface area contributed by atoms with Crippen LogP contribution in [0.3, 0.4) is 0 Å². The summed E-state index contributed by atoms with van der Waals surface area (Å²) in [6, 6.07) is 0.351. The molecule has 1 aliphatic heterocycles. The first-order valence-corrected chi connectivity index (χ1v) is 9.18. The lowest BCUT2D eigenvalue weighted by Gasteiger charge is -2.20. The third-order valence-electron chi connectivity index (χ3n) is 4.63. The van der Waals surface area contributed by atoms with Gasteiger partial charge in [-0.2, -0.15) is 0 Å². The SMILES string of the molecule is O=C(NC1CCCCCC1)c1csc(C2CCNCC2)n1. The molecular formula is C16H25N3OS. The summed E-state index contributed by atoms with van der Waals surface area (Å²) in [6.07, 6.45) is 9.61. The molecule has 0 atom stereocenters. The molecule has 1 aliphatic carbocycles. The molecule has 5 heteroatoms. The van der Waals surface area contributed by atoms with E-state index in [9.17, 15) is 4.79 Å². The van der Waals surface area contributed by atoms with Crippen molar-refractivity contribution >= 4 is 17.2 Å². The summed E-state index contributed by atoms with van der Waals surface area (Å²) in [4.78, 5) is 16.9. The average molecular weight is 307 g/mol. The highest BCUT2D eigenvalue weighted by Crippen LogP contribution is 2.28. The number of nitrogens with zero attached hydrogens (tertiary/aromatic N) is 1. The van der Waals surface area contributed by atoms with E-state index in [4.69, 9.17) is 0 Å². The van der Waals surface area contributed by atoms with Crippen molar-refractivity contribution in [2.45, 2.75) is 63.3 Å². The first-order valence-electron chi connectivity index (χ1n) is 8.30. The van der Waals surface area contributed by atoms with Crippen molar-refractivity contribution in [2.24, 2.45) is 0 Å². The van der Waals surface area contributed by atoms with Gasteiger partial charge in [0.05, 0.1) is 5.01 Å². The maximum absolute atomic E-state index is 12.3. The van der Waals surface area contributed by atoms with Crippen LogP contribution in [0, 0.1) is 0 Å². The Kier molecular flexibility index (Phi) is 5.25. The molecule has 1 amide bonds. The molecule has 2 fully saturated rings. The molecule has 1 aromatic rings. The van der Waals surface area contributed by atoms with Gasteiger partial charge in [-0.1, -0.05) is 25.7 Å². The summed E-state index contributed by atoms with van der Waals surface area (Å²) in [6.45, 7) is 2.13. The highest BCUT2D eigenvalue weighted by atomic mass is 32.1. The Hall–Kier alpha value is -0.940. The van der Waals surface area contributed by atoms with E-state index in [0.717, 1.165) is 43.8 Å². The predicted octanol–water partition coefficient (Wildman–Crippen LogP) is 3.06. The number of hydrogen-bond acceptors (Lipinski definition) is 4. The molecule has 2 aliphatic rings. The first-order chi connectivity index (χ1) is 10.3. The number of amides is 1. The molecule has 4 nitrogen and oxygen atoms in total. The van der Waals surface area contributed by atoms with Gasteiger partial charge in [0.15, 0.2) is 0 Å². The monoisotopic (exact) mass is 307 g/mol. The standard InChI is InChI=1S/C16H25N3OS/c20-15(18-13-5-3-1-2-4-6-13)14-11-21-16(19-14)12-7-9-17-10-8-12/h11-13,17H,1-10H2,(H,18,20). The van der Waals surface area contributed by atoms with E-state index in [-0.39, 0.29) is 5.91 Å². The Labute approximate surface area is 130 Å². The molecule has 0 aromatic carbocycles. The highest BCUT2D eigenvalue weighted by molar-refractivity contribution is 7.09. The van der Waals surface area contributed by atoms with Gasteiger partial charge >= 0.3 is 0 Å². The fraction of sp³-hybridized carbons (Fsp3) is 0.750. The quantitative estimate of drug-likeness (QED) is 0.844. The second-order valence-corrected chi connectivity index (χ2v) is 7.15. The average Bonchev–Trinajstić information content (AvgIpc) is 2.88. The molecule has 1 aromatic heterocycles. The van der Waals surface area contributed by atoms with Gasteiger partial charge in [0.25, 0.3) is 5.91 Å². The second kappa shape index (κ2) is 7.36. The fourth-order valence-corrected chi connectivity index (χ4v) is 4.30. The van der Waals surface area contributed by atoms with Crippen molar-refractivity contribution in [3.8, 4) is 0 Å². The second-order valence-electron chi connectivity index (χ2n) is 6.26. The lowest BCUT2D eigenvalue weighted by molar-refractivity contribution is 0.0928. The third kappa shape index (κ3) is 4.04. The van der Waals surface area contributed by atoms with E-state index >= 15 is 0 Å². The Balaban J connectivity index is 1.58. The Morgan fingerprint density at radius 3 is 2.57 bits per heavy atom. The zero-order chi connectivity index (χ0) is 14.5. The molecule has 0 unspecified atom stereocenters. The molecule has 1 saturated heterocycles. The zero-order valence-electron chi connectivity index (χ0n) is 12.6. The van der Waals surface area contributed by atoms with Gasteiger partial charge in [0.1, 0.15) is 5.69 Å². The van der Waals surface area contributed by atoms with Crippen molar-refractivity contribution < 1.29 is 4.79 Å². The normalized spacial score (nSPS) is 21.9. The summed E-state index contributed by atoms with van der Waals surface area (Å²) >= 11 is 1.65. The minimum absolute atomic E-state index is 0.0262. The van der Waals surface area contributed by atoms with Crippen molar-refractivity contribution in [1.82, 2.24) is 15.6 Å². The number of piperidine rings is 1. The van der Waals surface area contributed by atoms with Crippen LogP contribution in [0.2, 0.25) is 0 Å². The largest absolute Gasteiger partial charge is 0.348 e. The van der Waals surface area contributed by atoms with Crippen molar-refractivity contribution in [2.75, 3.05) is 13.1 Å². The smallest absolute Gasteiger partial charge is 0.270 e. The van der Waals surface area contributed by atoms with Crippen LogP contribution in [0.4, 0.5) is 0 Å². The van der Waals surface area contributed by atoms with Crippen LogP contribution in [0.25, 0.3) is 0 Å². The van der Waals surface area contributed by atoms with Crippen molar-refractivity contribution in [3.05, 3.63) is 16.1 Å². The van der Waals surface area contributed by atoms with Crippen molar-refractivity contribution in [1.29, 1.82) is 0 Å². The molecule has 1 saturated carbocycles. The zero-order valence-corrected chi connectivity index (χ0v) is 13.4. The van der Waals surface area contributed by atoms with Gasteiger partial charge < -0.3 is 10.6 Å². The van der Waals surface area contributed by atoms with Crippen LogP contribution in [0.5, 0.6) is 0 Å². The van der Waals surface area contributed by atoms with Crippen molar-refractivity contribution in [3.63, 3.8) is 0 Å². The number of hydrogen-bond donors (Lipinski definition) is 2. The summed E-state index contributed by atoms with van der Waals surface area (Å²) in [5, 5.41) is 9.63. The van der Waals surface area contributed by atoms with Gasteiger partial charge in [0, 0.05) is 17.3 Å². The maximum atomic E-state index is 12.3. The lowest BCUT2D eigenvalue weighted by atomic mass is 9.99. The van der Waals surface area contributed by atoms with Crippen LogP contribution in [0.1, 0.15) is 72.8 Å². The third-order valence-corrected chi connectivity index (χ3v) is 5.64. The molecular weight excluding hydrogens is 282 g/mol. The van der Waals surface area contributed by atoms with E-state index in [1.165, 1.54) is 25.7 Å². The number of aromatic nitrogens is 1. The maximum Gasteiger partial charge on any atom is 0.270 e. The molecule has 0 bridgehead atoms. The molecule has 2 N–H and O–H groups in total. The fourth-order valence-electron chi connectivity index (χ4n) is 3.33. The van der Waals surface area contributed by atoms with E-state index in [1.54, 1.807) is 11.3 Å². The van der Waals surface area contributed by atoms with Gasteiger partial charge in [-0.25, -0.2) is 4.98 Å². The molecule has 3 rings (SSSR count). The van der Waals surface area contributed by atoms with E-state index in [0.29, 0.717) is 17.7 Å². The first kappa shape index (κ1) is 15.0. The number of rotatable bonds is 3. The van der Waals surface area contributed by atoms with Crippen LogP contribution in [0.15, 0.2) is 5.38 Å². The lowest BCUT2D eigenvalue weighted by Crippen LogP contribution is -2.34. The summed E-state index contributed by atoms with van der Waals surface area (Å²) in [5.41, 5.74) is 0.623. The molecule has 2 heterocycles. The van der Waals surface area contributed by atoms with Gasteiger partial charge in [-0.15, -0.1) is 11.3 Å². The predicted molar refractivity (Wildman–Crippen MR) is 85.9 cm³/mol. The summed E-state index contributed by atoms with van der Waals surface area (Å²) in [7, 11) is 0. The molecule has 116 valence electrons.